The average molecular weight is 487 g/mol. The first-order valence-electron chi connectivity index (χ1n) is 11.7. The van der Waals surface area contributed by atoms with Crippen molar-refractivity contribution in [2.45, 2.75) is 51.1 Å². The molecule has 0 atom stereocenters. The van der Waals surface area contributed by atoms with E-state index in [2.05, 4.69) is 34.6 Å². The molecule has 0 radical (unpaired) electrons. The van der Waals surface area contributed by atoms with Crippen LogP contribution < -0.4 is 15.4 Å². The van der Waals surface area contributed by atoms with E-state index in [4.69, 9.17) is 14.5 Å². The van der Waals surface area contributed by atoms with E-state index in [0.717, 1.165) is 28.2 Å². The fraction of sp³-hybridized carbons (Fsp3) is 0.500. The summed E-state index contributed by atoms with van der Waals surface area (Å²) in [5.74, 6) is 1.52. The summed E-state index contributed by atoms with van der Waals surface area (Å²) in [5.41, 5.74) is 1.69. The number of hydrogen-bond donors (Lipinski definition) is 2. The maximum absolute atomic E-state index is 12.4. The molecule has 0 aliphatic heterocycles. The molecule has 0 aliphatic carbocycles. The normalized spacial score (nSPS) is 11.2. The van der Waals surface area contributed by atoms with Crippen LogP contribution in [-0.2, 0) is 22.5 Å². The summed E-state index contributed by atoms with van der Waals surface area (Å²) >= 11 is 1.60. The maximum Gasteiger partial charge on any atom is 0.224 e. The summed E-state index contributed by atoms with van der Waals surface area (Å²) in [6.45, 7) is 11.7. The maximum atomic E-state index is 12.4. The first-order chi connectivity index (χ1) is 16.5. The number of ether oxygens (including phenoxy) is 2. The Morgan fingerprint density at radius 3 is 2.62 bits per heavy atom. The smallest absolute Gasteiger partial charge is 0.224 e. The van der Waals surface area contributed by atoms with Crippen molar-refractivity contribution < 1.29 is 14.3 Å². The van der Waals surface area contributed by atoms with Crippen LogP contribution >= 0.6 is 11.8 Å². The number of thioether (sulfide) groups is 1. The Morgan fingerprint density at radius 1 is 1.12 bits per heavy atom. The van der Waals surface area contributed by atoms with E-state index in [0.29, 0.717) is 56.3 Å². The van der Waals surface area contributed by atoms with Crippen molar-refractivity contribution in [3.8, 4) is 5.75 Å². The summed E-state index contributed by atoms with van der Waals surface area (Å²) in [6.07, 6.45) is 2.08. The van der Waals surface area contributed by atoms with Gasteiger partial charge in [0.15, 0.2) is 10.8 Å². The molecule has 2 heterocycles. The Balaban J connectivity index is 1.62. The Kier molecular flexibility index (Phi) is 9.96. The van der Waals surface area contributed by atoms with Crippen molar-refractivity contribution in [1.29, 1.82) is 0 Å². The first-order valence-corrected chi connectivity index (χ1v) is 12.6. The van der Waals surface area contributed by atoms with Gasteiger partial charge in [0.1, 0.15) is 11.6 Å². The molecule has 9 nitrogen and oxygen atoms in total. The van der Waals surface area contributed by atoms with Crippen molar-refractivity contribution in [1.82, 2.24) is 25.1 Å². The van der Waals surface area contributed by atoms with E-state index in [1.165, 1.54) is 0 Å². The molecule has 34 heavy (non-hydrogen) atoms. The number of aromatic nitrogens is 4. The fourth-order valence-electron chi connectivity index (χ4n) is 3.30. The van der Waals surface area contributed by atoms with Gasteiger partial charge in [-0.3, -0.25) is 4.79 Å². The third-order valence-corrected chi connectivity index (χ3v) is 5.67. The highest BCUT2D eigenvalue weighted by atomic mass is 32.2. The van der Waals surface area contributed by atoms with Crippen LogP contribution in [0, 0.1) is 0 Å². The van der Waals surface area contributed by atoms with Gasteiger partial charge in [-0.25, -0.2) is 14.6 Å². The van der Waals surface area contributed by atoms with E-state index in [1.807, 2.05) is 42.8 Å². The monoisotopic (exact) mass is 486 g/mol. The van der Waals surface area contributed by atoms with E-state index >= 15 is 0 Å². The highest BCUT2D eigenvalue weighted by Gasteiger charge is 2.14. The van der Waals surface area contributed by atoms with Crippen LogP contribution in [0.3, 0.4) is 0 Å². The molecule has 1 aromatic carbocycles. The van der Waals surface area contributed by atoms with E-state index < -0.39 is 0 Å². The lowest BCUT2D eigenvalue weighted by Gasteiger charge is -2.11. The molecule has 0 bridgehead atoms. The van der Waals surface area contributed by atoms with E-state index in [-0.39, 0.29) is 5.91 Å². The minimum Gasteiger partial charge on any atom is -0.494 e. The van der Waals surface area contributed by atoms with Gasteiger partial charge < -0.3 is 20.1 Å². The molecule has 2 N–H and O–H groups in total. The average Bonchev–Trinajstić information content (AvgIpc) is 3.21. The Bertz CT molecular complexity index is 1050. The van der Waals surface area contributed by atoms with Crippen LogP contribution in [0.5, 0.6) is 5.75 Å². The third-order valence-electron chi connectivity index (χ3n) is 4.80. The number of rotatable bonds is 14. The number of hydrogen-bond acceptors (Lipinski definition) is 8. The van der Waals surface area contributed by atoms with Crippen LogP contribution in [-0.4, -0.2) is 63.8 Å². The third kappa shape index (κ3) is 7.59. The zero-order valence-electron chi connectivity index (χ0n) is 20.3. The van der Waals surface area contributed by atoms with Crippen molar-refractivity contribution in [2.24, 2.45) is 0 Å². The predicted molar refractivity (Wildman–Crippen MR) is 136 cm³/mol. The standard InChI is InChI=1S/C24H34N6O3S/c1-5-32-14-12-26-22-20-16-27-30(23(20)29-24(28-22)34-17(3)4)13-11-25-21(31)15-18-7-9-19(10-8-18)33-6-2/h7-10,16-17H,5-6,11-15H2,1-4H3,(H,25,31)(H,26,28,29). The lowest BCUT2D eigenvalue weighted by molar-refractivity contribution is -0.120. The number of carbonyl (C=O) groups excluding carboxylic acids is 1. The van der Waals surface area contributed by atoms with E-state index in [9.17, 15) is 4.79 Å². The van der Waals surface area contributed by atoms with Crippen LogP contribution in [0.2, 0.25) is 0 Å². The molecule has 0 fully saturated rings. The number of nitrogens with one attached hydrogen (secondary N) is 2. The Labute approximate surface area is 205 Å². The van der Waals surface area contributed by atoms with Crippen molar-refractivity contribution in [3.05, 3.63) is 36.0 Å². The molecule has 0 saturated carbocycles. The second-order valence-electron chi connectivity index (χ2n) is 7.85. The summed E-state index contributed by atoms with van der Waals surface area (Å²) in [7, 11) is 0. The molecule has 3 rings (SSSR count). The molecule has 3 aromatic rings. The van der Waals surface area contributed by atoms with Crippen LogP contribution in [0.4, 0.5) is 5.82 Å². The lowest BCUT2D eigenvalue weighted by atomic mass is 10.1. The predicted octanol–water partition coefficient (Wildman–Crippen LogP) is 3.53. The van der Waals surface area contributed by atoms with Gasteiger partial charge >= 0.3 is 0 Å². The van der Waals surface area contributed by atoms with Gasteiger partial charge in [0, 0.05) is 24.9 Å². The molecule has 184 valence electrons. The lowest BCUT2D eigenvalue weighted by Crippen LogP contribution is -2.28. The van der Waals surface area contributed by atoms with Gasteiger partial charge in [0.25, 0.3) is 0 Å². The molecular weight excluding hydrogens is 452 g/mol. The van der Waals surface area contributed by atoms with E-state index in [1.54, 1.807) is 18.0 Å². The number of anilines is 1. The number of fused-ring (bicyclic) bond motifs is 1. The van der Waals surface area contributed by atoms with Gasteiger partial charge in [-0.1, -0.05) is 37.7 Å². The van der Waals surface area contributed by atoms with Crippen LogP contribution in [0.25, 0.3) is 11.0 Å². The quantitative estimate of drug-likeness (QED) is 0.203. The van der Waals surface area contributed by atoms with Crippen molar-refractivity contribution >= 4 is 34.5 Å². The topological polar surface area (TPSA) is 103 Å². The second-order valence-corrected chi connectivity index (χ2v) is 9.40. The molecule has 0 aliphatic rings. The highest BCUT2D eigenvalue weighted by molar-refractivity contribution is 7.99. The zero-order chi connectivity index (χ0) is 24.3. The zero-order valence-corrected chi connectivity index (χ0v) is 21.2. The second kappa shape index (κ2) is 13.1. The Hall–Kier alpha value is -2.85. The van der Waals surface area contributed by atoms with Gasteiger partial charge in [0.05, 0.1) is 37.8 Å². The van der Waals surface area contributed by atoms with Crippen LogP contribution in [0.15, 0.2) is 35.6 Å². The first kappa shape index (κ1) is 25.8. The summed E-state index contributed by atoms with van der Waals surface area (Å²) in [6, 6.07) is 7.59. The number of benzene rings is 1. The number of carbonyl (C=O) groups is 1. The number of nitrogens with zero attached hydrogens (tertiary/aromatic N) is 4. The molecule has 10 heteroatoms. The largest absolute Gasteiger partial charge is 0.494 e. The molecule has 2 aromatic heterocycles. The minimum absolute atomic E-state index is 0.0374. The molecule has 0 spiro atoms. The minimum atomic E-state index is -0.0374. The van der Waals surface area contributed by atoms with Crippen LogP contribution in [0.1, 0.15) is 33.3 Å². The highest BCUT2D eigenvalue weighted by Crippen LogP contribution is 2.26. The molecular formula is C24H34N6O3S. The summed E-state index contributed by atoms with van der Waals surface area (Å²) < 4.78 is 12.7. The van der Waals surface area contributed by atoms with Crippen molar-refractivity contribution in [3.63, 3.8) is 0 Å². The van der Waals surface area contributed by atoms with Gasteiger partial charge in [0.2, 0.25) is 5.91 Å². The van der Waals surface area contributed by atoms with Gasteiger partial charge in [-0.2, -0.15) is 5.10 Å². The fourth-order valence-corrected chi connectivity index (χ4v) is 4.01. The molecule has 0 unspecified atom stereocenters. The van der Waals surface area contributed by atoms with Crippen molar-refractivity contribution in [2.75, 3.05) is 38.2 Å². The number of amides is 1. The molecule has 0 saturated heterocycles. The van der Waals surface area contributed by atoms with Gasteiger partial charge in [-0.05, 0) is 31.5 Å². The summed E-state index contributed by atoms with van der Waals surface area (Å²) in [4.78, 5) is 21.8. The van der Waals surface area contributed by atoms with Gasteiger partial charge in [-0.15, -0.1) is 0 Å². The summed E-state index contributed by atoms with van der Waals surface area (Å²) in [5, 5.41) is 12.7. The molecule has 1 amide bonds. The Morgan fingerprint density at radius 2 is 1.91 bits per heavy atom. The SMILES string of the molecule is CCOCCNc1nc(SC(C)C)nc2c1cnn2CCNC(=O)Cc1ccc(OCC)cc1.